The molecule has 0 radical (unpaired) electrons. The summed E-state index contributed by atoms with van der Waals surface area (Å²) < 4.78 is 29.9. The highest BCUT2D eigenvalue weighted by Crippen LogP contribution is 2.29. The van der Waals surface area contributed by atoms with Gasteiger partial charge in [0.2, 0.25) is 10.0 Å². The zero-order valence-corrected chi connectivity index (χ0v) is 17.9. The molecule has 5 nitrogen and oxygen atoms in total. The average molecular weight is 430 g/mol. The Balaban J connectivity index is 1.44. The molecule has 4 rings (SSSR count). The van der Waals surface area contributed by atoms with Crippen molar-refractivity contribution in [2.24, 2.45) is 5.92 Å². The highest BCUT2D eigenvalue weighted by atomic mass is 35.5. The van der Waals surface area contributed by atoms with Crippen molar-refractivity contribution in [1.82, 2.24) is 13.9 Å². The van der Waals surface area contributed by atoms with Gasteiger partial charge in [0, 0.05) is 42.6 Å². The normalized spacial score (nSPS) is 16.2. The minimum absolute atomic E-state index is 0.310. The number of sulfonamides is 1. The Morgan fingerprint density at radius 1 is 1.07 bits per heavy atom. The van der Waals surface area contributed by atoms with E-state index in [2.05, 4.69) is 21.7 Å². The number of benzene rings is 2. The minimum Gasteiger partial charge on any atom is -0.331 e. The molecule has 1 aliphatic rings. The fourth-order valence-electron chi connectivity index (χ4n) is 3.92. The molecule has 0 N–H and O–H groups in total. The number of halogens is 1. The smallest absolute Gasteiger partial charge is 0.243 e. The van der Waals surface area contributed by atoms with E-state index in [1.165, 1.54) is 0 Å². The van der Waals surface area contributed by atoms with Crippen LogP contribution >= 0.6 is 11.6 Å². The molecule has 0 unspecified atom stereocenters. The van der Waals surface area contributed by atoms with Crippen LogP contribution in [0.4, 0.5) is 0 Å². The molecule has 1 saturated heterocycles. The summed E-state index contributed by atoms with van der Waals surface area (Å²) in [5.41, 5.74) is 1.70. The zero-order chi connectivity index (χ0) is 20.4. The first-order valence-electron chi connectivity index (χ1n) is 9.78. The van der Waals surface area contributed by atoms with Crippen LogP contribution in [-0.4, -0.2) is 35.4 Å². The summed E-state index contributed by atoms with van der Waals surface area (Å²) in [5.74, 6) is 1.37. The van der Waals surface area contributed by atoms with E-state index in [4.69, 9.17) is 11.6 Å². The van der Waals surface area contributed by atoms with Gasteiger partial charge in [-0.25, -0.2) is 13.4 Å². The number of nitrogens with zero attached hydrogens (tertiary/aromatic N) is 3. The van der Waals surface area contributed by atoms with Gasteiger partial charge in [0.25, 0.3) is 0 Å². The van der Waals surface area contributed by atoms with E-state index < -0.39 is 10.0 Å². The second-order valence-electron chi connectivity index (χ2n) is 7.48. The third-order valence-corrected chi connectivity index (χ3v) is 8.06. The van der Waals surface area contributed by atoms with Gasteiger partial charge in [-0.3, -0.25) is 0 Å². The molecule has 3 aromatic rings. The molecule has 1 aromatic heterocycles. The standard InChI is InChI=1S/C22H24ClN3O2S/c1-17-20(23)8-5-9-21(17)29(27,28)26-13-10-18(11-14-26)16-25-15-12-24-22(25)19-6-3-2-4-7-19/h2-9,12,15,18H,10-11,13-14,16H2,1H3. The first kappa shape index (κ1) is 20.1. The molecule has 0 atom stereocenters. The van der Waals surface area contributed by atoms with Crippen LogP contribution in [0, 0.1) is 12.8 Å². The SMILES string of the molecule is Cc1c(Cl)cccc1S(=O)(=O)N1CCC(Cn2ccnc2-c2ccccc2)CC1. The second kappa shape index (κ2) is 8.30. The molecular weight excluding hydrogens is 406 g/mol. The van der Waals surface area contributed by atoms with E-state index in [1.54, 1.807) is 29.4 Å². The van der Waals surface area contributed by atoms with Gasteiger partial charge >= 0.3 is 0 Å². The number of piperidine rings is 1. The summed E-state index contributed by atoms with van der Waals surface area (Å²) in [6.07, 6.45) is 5.47. The van der Waals surface area contributed by atoms with Crippen LogP contribution < -0.4 is 0 Å². The molecule has 0 aliphatic carbocycles. The lowest BCUT2D eigenvalue weighted by Gasteiger charge is -2.32. The van der Waals surface area contributed by atoms with Crippen molar-refractivity contribution in [2.75, 3.05) is 13.1 Å². The molecule has 0 spiro atoms. The number of imidazole rings is 1. The average Bonchev–Trinajstić information content (AvgIpc) is 3.19. The largest absolute Gasteiger partial charge is 0.331 e. The van der Waals surface area contributed by atoms with Gasteiger partial charge in [-0.2, -0.15) is 4.31 Å². The van der Waals surface area contributed by atoms with E-state index in [9.17, 15) is 8.42 Å². The molecule has 0 amide bonds. The predicted octanol–water partition coefficient (Wildman–Crippen LogP) is 4.61. The summed E-state index contributed by atoms with van der Waals surface area (Å²) >= 11 is 6.14. The summed E-state index contributed by atoms with van der Waals surface area (Å²) in [7, 11) is -3.52. The Kier molecular flexibility index (Phi) is 5.76. The second-order valence-corrected chi connectivity index (χ2v) is 9.79. The highest BCUT2D eigenvalue weighted by Gasteiger charge is 2.31. The number of rotatable bonds is 5. The van der Waals surface area contributed by atoms with Gasteiger partial charge in [0.1, 0.15) is 5.82 Å². The lowest BCUT2D eigenvalue weighted by atomic mass is 9.98. The van der Waals surface area contributed by atoms with E-state index in [0.717, 1.165) is 30.8 Å². The molecule has 7 heteroatoms. The molecule has 0 saturated carbocycles. The lowest BCUT2D eigenvalue weighted by molar-refractivity contribution is 0.253. The third kappa shape index (κ3) is 4.10. The van der Waals surface area contributed by atoms with Gasteiger partial charge in [-0.1, -0.05) is 48.0 Å². The van der Waals surface area contributed by atoms with E-state index in [1.807, 2.05) is 30.6 Å². The topological polar surface area (TPSA) is 55.2 Å². The molecule has 2 heterocycles. The maximum Gasteiger partial charge on any atom is 0.243 e. The predicted molar refractivity (Wildman–Crippen MR) is 115 cm³/mol. The molecule has 1 fully saturated rings. The van der Waals surface area contributed by atoms with Crippen molar-refractivity contribution in [3.63, 3.8) is 0 Å². The minimum atomic E-state index is -3.52. The van der Waals surface area contributed by atoms with Crippen LogP contribution in [0.2, 0.25) is 5.02 Å². The van der Waals surface area contributed by atoms with Gasteiger partial charge in [-0.15, -0.1) is 0 Å². The number of aromatic nitrogens is 2. The quantitative estimate of drug-likeness (QED) is 0.595. The van der Waals surface area contributed by atoms with Crippen molar-refractivity contribution in [3.8, 4) is 11.4 Å². The van der Waals surface area contributed by atoms with Crippen LogP contribution in [0.15, 0.2) is 65.8 Å². The Labute approximate surface area is 177 Å². The van der Waals surface area contributed by atoms with Crippen molar-refractivity contribution >= 4 is 21.6 Å². The fraction of sp³-hybridized carbons (Fsp3) is 0.318. The van der Waals surface area contributed by atoms with Crippen molar-refractivity contribution < 1.29 is 8.42 Å². The molecule has 29 heavy (non-hydrogen) atoms. The number of hydrogen-bond acceptors (Lipinski definition) is 3. The molecule has 1 aliphatic heterocycles. The molecule has 152 valence electrons. The zero-order valence-electron chi connectivity index (χ0n) is 16.3. The highest BCUT2D eigenvalue weighted by molar-refractivity contribution is 7.89. The molecule has 0 bridgehead atoms. The van der Waals surface area contributed by atoms with E-state index in [0.29, 0.717) is 34.5 Å². The van der Waals surface area contributed by atoms with Gasteiger partial charge in [0.15, 0.2) is 0 Å². The summed E-state index contributed by atoms with van der Waals surface area (Å²) in [4.78, 5) is 4.82. The Morgan fingerprint density at radius 2 is 1.79 bits per heavy atom. The third-order valence-electron chi connectivity index (χ3n) is 5.61. The lowest BCUT2D eigenvalue weighted by Crippen LogP contribution is -2.39. The first-order chi connectivity index (χ1) is 14.0. The fourth-order valence-corrected chi connectivity index (χ4v) is 5.87. The van der Waals surface area contributed by atoms with Crippen LogP contribution in [-0.2, 0) is 16.6 Å². The Morgan fingerprint density at radius 3 is 2.52 bits per heavy atom. The van der Waals surface area contributed by atoms with Crippen LogP contribution in [0.3, 0.4) is 0 Å². The maximum atomic E-state index is 13.1. The van der Waals surface area contributed by atoms with E-state index >= 15 is 0 Å². The number of hydrogen-bond donors (Lipinski definition) is 0. The summed E-state index contributed by atoms with van der Waals surface area (Å²) in [6.45, 7) is 3.64. The van der Waals surface area contributed by atoms with Gasteiger partial charge in [0.05, 0.1) is 4.90 Å². The van der Waals surface area contributed by atoms with Crippen LogP contribution in [0.5, 0.6) is 0 Å². The summed E-state index contributed by atoms with van der Waals surface area (Å²) in [5, 5.41) is 0.481. The Hall–Kier alpha value is -2.15. The van der Waals surface area contributed by atoms with Gasteiger partial charge in [-0.05, 0) is 43.4 Å². The Bertz CT molecular complexity index is 1090. The van der Waals surface area contributed by atoms with Crippen molar-refractivity contribution in [2.45, 2.75) is 31.2 Å². The van der Waals surface area contributed by atoms with Gasteiger partial charge < -0.3 is 4.57 Å². The van der Waals surface area contributed by atoms with Crippen LogP contribution in [0.1, 0.15) is 18.4 Å². The summed E-state index contributed by atoms with van der Waals surface area (Å²) in [6, 6.07) is 15.2. The molecular formula is C22H24ClN3O2S. The first-order valence-corrected chi connectivity index (χ1v) is 11.6. The molecule has 2 aromatic carbocycles. The monoisotopic (exact) mass is 429 g/mol. The maximum absolute atomic E-state index is 13.1. The van der Waals surface area contributed by atoms with Crippen LogP contribution in [0.25, 0.3) is 11.4 Å². The van der Waals surface area contributed by atoms with Crippen molar-refractivity contribution in [3.05, 3.63) is 71.5 Å². The van der Waals surface area contributed by atoms with Crippen molar-refractivity contribution in [1.29, 1.82) is 0 Å². The van der Waals surface area contributed by atoms with E-state index in [-0.39, 0.29) is 0 Å².